The third-order valence-corrected chi connectivity index (χ3v) is 3.65. The van der Waals surface area contributed by atoms with Crippen LogP contribution in [0.1, 0.15) is 33.2 Å². The van der Waals surface area contributed by atoms with Gasteiger partial charge in [-0.25, -0.2) is 4.39 Å². The van der Waals surface area contributed by atoms with Crippen LogP contribution in [0.2, 0.25) is 0 Å². The number of hydrogen-bond acceptors (Lipinski definition) is 2. The summed E-state index contributed by atoms with van der Waals surface area (Å²) in [4.78, 5) is 12.3. The second kappa shape index (κ2) is 4.00. The lowest BCUT2D eigenvalue weighted by Gasteiger charge is -2.23. The van der Waals surface area contributed by atoms with Crippen LogP contribution in [0, 0.1) is 6.92 Å². The summed E-state index contributed by atoms with van der Waals surface area (Å²) in [7, 11) is 0. The first-order valence-corrected chi connectivity index (χ1v) is 6.13. The lowest BCUT2D eigenvalue weighted by molar-refractivity contribution is 0.00745. The van der Waals surface area contributed by atoms with Gasteiger partial charge in [-0.1, -0.05) is 54.1 Å². The summed E-state index contributed by atoms with van der Waals surface area (Å²) in [5.74, 6) is -0.666. The van der Waals surface area contributed by atoms with Crippen molar-refractivity contribution in [1.29, 1.82) is 0 Å². The fourth-order valence-electron chi connectivity index (χ4n) is 2.64. The molecule has 0 radical (unpaired) electrons. The molecule has 0 fully saturated rings. The number of aliphatic hydroxyl groups is 1. The number of aliphatic hydroxyl groups excluding tert-OH is 1. The average Bonchev–Trinajstić information content (AvgIpc) is 2.63. The number of Topliss-reactive ketones (excluding diaryl/α,β-unsaturated/α-hetero) is 1. The number of alkyl halides is 1. The number of fused-ring (bicyclic) bond motifs is 1. The van der Waals surface area contributed by atoms with Gasteiger partial charge in [0.2, 0.25) is 11.5 Å². The van der Waals surface area contributed by atoms with Gasteiger partial charge in [-0.05, 0) is 12.5 Å². The fraction of sp³-hybridized carbons (Fsp3) is 0.188. The molecule has 2 aromatic rings. The average molecular weight is 256 g/mol. The van der Waals surface area contributed by atoms with Crippen molar-refractivity contribution in [3.05, 3.63) is 70.8 Å². The molecule has 3 heteroatoms. The molecule has 0 spiro atoms. The number of benzene rings is 2. The first-order chi connectivity index (χ1) is 9.05. The molecule has 19 heavy (non-hydrogen) atoms. The summed E-state index contributed by atoms with van der Waals surface area (Å²) in [6.07, 6.45) is -1.45. The van der Waals surface area contributed by atoms with E-state index in [0.717, 1.165) is 5.56 Å². The second-order valence-electron chi connectivity index (χ2n) is 4.90. The van der Waals surface area contributed by atoms with Crippen LogP contribution in [0.3, 0.4) is 0 Å². The minimum atomic E-state index is -2.38. The van der Waals surface area contributed by atoms with Gasteiger partial charge in [0, 0.05) is 11.1 Å². The maximum atomic E-state index is 15.2. The number of ketones is 1. The highest BCUT2D eigenvalue weighted by Gasteiger charge is 2.54. The van der Waals surface area contributed by atoms with Crippen molar-refractivity contribution in [3.8, 4) is 0 Å². The quantitative estimate of drug-likeness (QED) is 0.851. The molecule has 2 nitrogen and oxygen atoms in total. The molecular formula is C16H13FO2. The molecule has 0 aliphatic heterocycles. The lowest BCUT2D eigenvalue weighted by atomic mass is 9.89. The number of carbonyl (C=O) groups excluding carboxylic acids is 1. The topological polar surface area (TPSA) is 37.3 Å². The zero-order chi connectivity index (χ0) is 13.6. The summed E-state index contributed by atoms with van der Waals surface area (Å²) in [6.45, 7) is 1.83. The summed E-state index contributed by atoms with van der Waals surface area (Å²) in [5, 5.41) is 10.2. The van der Waals surface area contributed by atoms with Crippen molar-refractivity contribution in [1.82, 2.24) is 0 Å². The summed E-state index contributed by atoms with van der Waals surface area (Å²) < 4.78 is 15.2. The van der Waals surface area contributed by atoms with Crippen molar-refractivity contribution in [2.45, 2.75) is 18.7 Å². The Labute approximate surface area is 110 Å². The molecule has 2 atom stereocenters. The van der Waals surface area contributed by atoms with Gasteiger partial charge < -0.3 is 5.11 Å². The predicted molar refractivity (Wildman–Crippen MR) is 69.7 cm³/mol. The van der Waals surface area contributed by atoms with Crippen molar-refractivity contribution in [2.24, 2.45) is 0 Å². The first kappa shape index (κ1) is 12.1. The monoisotopic (exact) mass is 256 g/mol. The third-order valence-electron chi connectivity index (χ3n) is 3.65. The van der Waals surface area contributed by atoms with E-state index in [-0.39, 0.29) is 11.1 Å². The van der Waals surface area contributed by atoms with Crippen molar-refractivity contribution in [2.75, 3.05) is 0 Å². The minimum absolute atomic E-state index is 0.209. The molecule has 0 saturated carbocycles. The fourth-order valence-corrected chi connectivity index (χ4v) is 2.64. The van der Waals surface area contributed by atoms with Gasteiger partial charge in [0.15, 0.2) is 0 Å². The van der Waals surface area contributed by atoms with Gasteiger partial charge in [-0.3, -0.25) is 4.79 Å². The van der Waals surface area contributed by atoms with E-state index in [4.69, 9.17) is 0 Å². The lowest BCUT2D eigenvalue weighted by Crippen LogP contribution is -2.31. The number of halogens is 1. The molecule has 0 amide bonds. The van der Waals surface area contributed by atoms with Crippen LogP contribution in [-0.2, 0) is 5.67 Å². The van der Waals surface area contributed by atoms with Crippen LogP contribution >= 0.6 is 0 Å². The third kappa shape index (κ3) is 1.55. The summed E-state index contributed by atoms with van der Waals surface area (Å²) in [6, 6.07) is 13.2. The number of aryl methyl sites for hydroxylation is 1. The van der Waals surface area contributed by atoms with E-state index < -0.39 is 17.6 Å². The first-order valence-electron chi connectivity index (χ1n) is 6.13. The van der Waals surface area contributed by atoms with Crippen molar-refractivity contribution < 1.29 is 14.3 Å². The van der Waals surface area contributed by atoms with E-state index in [1.54, 1.807) is 42.5 Å². The van der Waals surface area contributed by atoms with Gasteiger partial charge >= 0.3 is 0 Å². The van der Waals surface area contributed by atoms with Crippen LogP contribution in [0.15, 0.2) is 48.5 Å². The highest BCUT2D eigenvalue weighted by atomic mass is 19.1. The van der Waals surface area contributed by atoms with Crippen LogP contribution in [0.5, 0.6) is 0 Å². The Morgan fingerprint density at radius 1 is 1.16 bits per heavy atom. The van der Waals surface area contributed by atoms with E-state index in [1.807, 2.05) is 13.0 Å². The van der Waals surface area contributed by atoms with E-state index in [1.165, 1.54) is 0 Å². The predicted octanol–water partition coefficient (Wildman–Crippen LogP) is 3.09. The Bertz CT molecular complexity index is 665. The molecule has 0 heterocycles. The van der Waals surface area contributed by atoms with Gasteiger partial charge in [0.25, 0.3) is 0 Å². The Balaban J connectivity index is 2.20. The van der Waals surface area contributed by atoms with Crippen LogP contribution in [-0.4, -0.2) is 10.9 Å². The number of rotatable bonds is 1. The molecule has 0 bridgehead atoms. The molecule has 0 saturated heterocycles. The Hall–Kier alpha value is -2.00. The van der Waals surface area contributed by atoms with E-state index in [2.05, 4.69) is 0 Å². The molecule has 1 N–H and O–H groups in total. The van der Waals surface area contributed by atoms with Crippen LogP contribution < -0.4 is 0 Å². The molecule has 2 aromatic carbocycles. The second-order valence-corrected chi connectivity index (χ2v) is 4.90. The zero-order valence-electron chi connectivity index (χ0n) is 10.4. The molecular weight excluding hydrogens is 243 g/mol. The Morgan fingerprint density at radius 2 is 1.89 bits per heavy atom. The highest BCUT2D eigenvalue weighted by Crippen LogP contribution is 2.48. The maximum absolute atomic E-state index is 15.2. The van der Waals surface area contributed by atoms with E-state index >= 15 is 4.39 Å². The van der Waals surface area contributed by atoms with E-state index in [9.17, 15) is 9.90 Å². The molecule has 96 valence electrons. The maximum Gasteiger partial charge on any atom is 0.228 e. The van der Waals surface area contributed by atoms with Gasteiger partial charge in [0.05, 0.1) is 0 Å². The molecule has 3 rings (SSSR count). The molecule has 0 aromatic heterocycles. The highest BCUT2D eigenvalue weighted by molar-refractivity contribution is 6.08. The van der Waals surface area contributed by atoms with Gasteiger partial charge in [0.1, 0.15) is 6.10 Å². The normalized spacial score (nSPS) is 25.4. The van der Waals surface area contributed by atoms with Crippen LogP contribution in [0.4, 0.5) is 4.39 Å². The smallest absolute Gasteiger partial charge is 0.228 e. The Morgan fingerprint density at radius 3 is 2.58 bits per heavy atom. The van der Waals surface area contributed by atoms with Crippen LogP contribution in [0.25, 0.3) is 0 Å². The SMILES string of the molecule is Cc1cccc(C2(F)C(=O)c3ccccc3C2O)c1. The van der Waals surface area contributed by atoms with E-state index in [0.29, 0.717) is 5.56 Å². The van der Waals surface area contributed by atoms with Crippen molar-refractivity contribution in [3.63, 3.8) is 0 Å². The minimum Gasteiger partial charge on any atom is -0.384 e. The van der Waals surface area contributed by atoms with Crippen molar-refractivity contribution >= 4 is 5.78 Å². The Kier molecular flexibility index (Phi) is 2.54. The summed E-state index contributed by atoms with van der Waals surface area (Å²) >= 11 is 0. The molecule has 2 unspecified atom stereocenters. The standard InChI is InChI=1S/C16H13FO2/c1-10-5-4-6-11(9-10)16(17)14(18)12-7-2-3-8-13(12)15(16)19/h2-9,14,18H,1H3. The largest absolute Gasteiger partial charge is 0.384 e. The molecule has 1 aliphatic rings. The number of carbonyl (C=O) groups is 1. The number of hydrogen-bond donors (Lipinski definition) is 1. The van der Waals surface area contributed by atoms with Gasteiger partial charge in [-0.15, -0.1) is 0 Å². The zero-order valence-corrected chi connectivity index (χ0v) is 10.4. The van der Waals surface area contributed by atoms with Gasteiger partial charge in [-0.2, -0.15) is 0 Å². The summed E-state index contributed by atoms with van der Waals surface area (Å²) in [5.41, 5.74) is -0.697. The molecule has 1 aliphatic carbocycles.